The molecule has 7 nitrogen and oxygen atoms in total. The number of nitrogens with zero attached hydrogens (tertiary/aromatic N) is 3. The Kier molecular flexibility index (Phi) is 7.47. The molecular formula is C23H25F3N4O3S. The molecule has 2 aromatic rings. The zero-order chi connectivity index (χ0) is 25.1. The first kappa shape index (κ1) is 25.4. The number of benzene rings is 2. The van der Waals surface area contributed by atoms with E-state index in [1.54, 1.807) is 37.3 Å². The van der Waals surface area contributed by atoms with Gasteiger partial charge in [-0.15, -0.1) is 0 Å². The molecule has 11 heteroatoms. The van der Waals surface area contributed by atoms with Crippen LogP contribution in [0.5, 0.6) is 0 Å². The van der Waals surface area contributed by atoms with Crippen molar-refractivity contribution in [2.45, 2.75) is 24.9 Å². The number of carbonyl (C=O) groups is 1. The topological polar surface area (TPSA) is 96.1 Å². The Bertz CT molecular complexity index is 1220. The number of halogens is 3. The van der Waals surface area contributed by atoms with Gasteiger partial charge in [-0.1, -0.05) is 6.07 Å². The molecule has 1 heterocycles. The van der Waals surface area contributed by atoms with Crippen LogP contribution in [0.3, 0.4) is 0 Å². The van der Waals surface area contributed by atoms with Gasteiger partial charge in [0.1, 0.15) is 0 Å². The van der Waals surface area contributed by atoms with Gasteiger partial charge in [0.05, 0.1) is 16.1 Å². The number of rotatable bonds is 5. The minimum atomic E-state index is -4.65. The first-order valence-corrected chi connectivity index (χ1v) is 11.9. The SMILES string of the molecule is CC(C=CN)=Nc1ccc(C(=O)N2CCN(S(=O)(=O)c3ccc(C)c(C(F)(F)F)c3)CC2)cc1. The molecule has 2 aromatic carbocycles. The molecule has 0 saturated carbocycles. The van der Waals surface area contributed by atoms with Gasteiger partial charge in [0.15, 0.2) is 0 Å². The van der Waals surface area contributed by atoms with Crippen LogP contribution in [0.4, 0.5) is 18.9 Å². The Labute approximate surface area is 196 Å². The van der Waals surface area contributed by atoms with E-state index in [0.29, 0.717) is 23.0 Å². The number of sulfonamides is 1. The highest BCUT2D eigenvalue weighted by molar-refractivity contribution is 7.89. The normalized spacial score (nSPS) is 16.3. The molecule has 1 aliphatic heterocycles. The fraction of sp³-hybridized carbons (Fsp3) is 0.304. The number of hydrogen-bond acceptors (Lipinski definition) is 5. The molecule has 1 amide bonds. The number of piperazine rings is 1. The molecule has 0 atom stereocenters. The number of hydrogen-bond donors (Lipinski definition) is 1. The third-order valence-electron chi connectivity index (χ3n) is 5.44. The van der Waals surface area contributed by atoms with E-state index in [-0.39, 0.29) is 37.6 Å². The van der Waals surface area contributed by atoms with Crippen molar-refractivity contribution in [2.75, 3.05) is 26.2 Å². The number of aliphatic imine (C=N–C) groups is 1. The summed E-state index contributed by atoms with van der Waals surface area (Å²) in [6.45, 7) is 3.27. The van der Waals surface area contributed by atoms with Crippen LogP contribution in [0.25, 0.3) is 0 Å². The van der Waals surface area contributed by atoms with E-state index in [1.807, 2.05) is 0 Å². The number of aryl methyl sites for hydroxylation is 1. The van der Waals surface area contributed by atoms with Crippen LogP contribution in [0, 0.1) is 6.92 Å². The van der Waals surface area contributed by atoms with Crippen LogP contribution in [0.1, 0.15) is 28.4 Å². The third-order valence-corrected chi connectivity index (χ3v) is 7.33. The second-order valence-corrected chi connectivity index (χ2v) is 9.77. The molecule has 182 valence electrons. The van der Waals surface area contributed by atoms with Crippen molar-refractivity contribution in [2.24, 2.45) is 10.7 Å². The molecule has 0 aliphatic carbocycles. The summed E-state index contributed by atoms with van der Waals surface area (Å²) < 4.78 is 66.6. The Morgan fingerprint density at radius 1 is 1.06 bits per heavy atom. The molecule has 0 bridgehead atoms. The van der Waals surface area contributed by atoms with Crippen molar-refractivity contribution in [3.63, 3.8) is 0 Å². The lowest BCUT2D eigenvalue weighted by molar-refractivity contribution is -0.138. The second-order valence-electron chi connectivity index (χ2n) is 7.83. The Hall–Kier alpha value is -3.18. The number of alkyl halides is 3. The summed E-state index contributed by atoms with van der Waals surface area (Å²) >= 11 is 0. The van der Waals surface area contributed by atoms with Crippen LogP contribution >= 0.6 is 0 Å². The monoisotopic (exact) mass is 494 g/mol. The lowest BCUT2D eigenvalue weighted by Crippen LogP contribution is -2.50. The smallest absolute Gasteiger partial charge is 0.405 e. The van der Waals surface area contributed by atoms with Gasteiger partial charge in [0.2, 0.25) is 10.0 Å². The average Bonchev–Trinajstić information content (AvgIpc) is 2.79. The maximum Gasteiger partial charge on any atom is 0.416 e. The fourth-order valence-electron chi connectivity index (χ4n) is 3.59. The van der Waals surface area contributed by atoms with Crippen LogP contribution in [-0.4, -0.2) is 55.4 Å². The summed E-state index contributed by atoms with van der Waals surface area (Å²) in [5.41, 5.74) is 6.08. The molecule has 0 spiro atoms. The maximum atomic E-state index is 13.2. The van der Waals surface area contributed by atoms with Crippen LogP contribution < -0.4 is 5.73 Å². The molecule has 0 aromatic heterocycles. The summed E-state index contributed by atoms with van der Waals surface area (Å²) in [7, 11) is -4.13. The Morgan fingerprint density at radius 2 is 1.68 bits per heavy atom. The first-order valence-electron chi connectivity index (χ1n) is 10.4. The molecule has 1 aliphatic rings. The fourth-order valence-corrected chi connectivity index (χ4v) is 5.04. The molecule has 0 unspecified atom stereocenters. The van der Waals surface area contributed by atoms with Gasteiger partial charge in [-0.3, -0.25) is 9.79 Å². The van der Waals surface area contributed by atoms with Gasteiger partial charge >= 0.3 is 6.18 Å². The molecule has 0 radical (unpaired) electrons. The van der Waals surface area contributed by atoms with E-state index in [9.17, 15) is 26.4 Å². The molecule has 1 fully saturated rings. The molecule has 1 saturated heterocycles. The number of nitrogens with two attached hydrogens (primary N) is 1. The highest BCUT2D eigenvalue weighted by Crippen LogP contribution is 2.34. The minimum Gasteiger partial charge on any atom is -0.405 e. The van der Waals surface area contributed by atoms with Gasteiger partial charge < -0.3 is 10.6 Å². The molecular weight excluding hydrogens is 469 g/mol. The summed E-state index contributed by atoms with van der Waals surface area (Å²) in [5.74, 6) is -0.263. The van der Waals surface area contributed by atoms with Crippen LogP contribution in [0.2, 0.25) is 0 Å². The highest BCUT2D eigenvalue weighted by Gasteiger charge is 2.36. The zero-order valence-corrected chi connectivity index (χ0v) is 19.5. The highest BCUT2D eigenvalue weighted by atomic mass is 32.2. The van der Waals surface area contributed by atoms with E-state index in [0.717, 1.165) is 10.4 Å². The third kappa shape index (κ3) is 5.65. The lowest BCUT2D eigenvalue weighted by atomic mass is 10.1. The van der Waals surface area contributed by atoms with E-state index in [4.69, 9.17) is 5.73 Å². The van der Waals surface area contributed by atoms with Crippen molar-refractivity contribution in [1.29, 1.82) is 0 Å². The summed E-state index contributed by atoms with van der Waals surface area (Å²) in [6, 6.07) is 9.64. The van der Waals surface area contributed by atoms with E-state index < -0.39 is 26.7 Å². The summed E-state index contributed by atoms with van der Waals surface area (Å²) in [6.07, 6.45) is -1.63. The van der Waals surface area contributed by atoms with Crippen molar-refractivity contribution < 1.29 is 26.4 Å². The van der Waals surface area contributed by atoms with Crippen LogP contribution in [0.15, 0.2) is 64.6 Å². The van der Waals surface area contributed by atoms with Crippen molar-refractivity contribution in [1.82, 2.24) is 9.21 Å². The molecule has 34 heavy (non-hydrogen) atoms. The van der Waals surface area contributed by atoms with Gasteiger partial charge in [-0.05, 0) is 68.1 Å². The van der Waals surface area contributed by atoms with Gasteiger partial charge in [0.25, 0.3) is 5.91 Å². The summed E-state index contributed by atoms with van der Waals surface area (Å²) in [5, 5.41) is 0. The minimum absolute atomic E-state index is 0.0176. The Balaban J connectivity index is 1.69. The number of carbonyl (C=O) groups excluding carboxylic acids is 1. The summed E-state index contributed by atoms with van der Waals surface area (Å²) in [4.78, 5) is 18.3. The number of amides is 1. The van der Waals surface area contributed by atoms with Gasteiger partial charge in [0, 0.05) is 37.5 Å². The Morgan fingerprint density at radius 3 is 2.24 bits per heavy atom. The quantitative estimate of drug-likeness (QED) is 0.641. The van der Waals surface area contributed by atoms with Gasteiger partial charge in [-0.25, -0.2) is 8.42 Å². The van der Waals surface area contributed by atoms with E-state index >= 15 is 0 Å². The molecule has 3 rings (SSSR count). The largest absolute Gasteiger partial charge is 0.416 e. The second kappa shape index (κ2) is 9.98. The average molecular weight is 495 g/mol. The number of allylic oxidation sites excluding steroid dienone is 1. The first-order chi connectivity index (χ1) is 15.9. The van der Waals surface area contributed by atoms with Crippen molar-refractivity contribution in [3.8, 4) is 0 Å². The van der Waals surface area contributed by atoms with Crippen molar-refractivity contribution >= 4 is 27.3 Å². The zero-order valence-electron chi connectivity index (χ0n) is 18.7. The van der Waals surface area contributed by atoms with E-state index in [1.165, 1.54) is 24.1 Å². The lowest BCUT2D eigenvalue weighted by Gasteiger charge is -2.34. The predicted octanol–water partition coefficient (Wildman–Crippen LogP) is 3.73. The van der Waals surface area contributed by atoms with Gasteiger partial charge in [-0.2, -0.15) is 17.5 Å². The maximum absolute atomic E-state index is 13.2. The van der Waals surface area contributed by atoms with Crippen LogP contribution in [-0.2, 0) is 16.2 Å². The standard InChI is InChI=1S/C23H25F3N4O3S/c1-16-3-8-20(15-21(16)23(24,25)26)34(32,33)30-13-11-29(12-14-30)22(31)18-4-6-19(7-5-18)28-17(2)9-10-27/h3-10,15H,11-14,27H2,1-2H3. The predicted molar refractivity (Wildman–Crippen MR) is 123 cm³/mol. The van der Waals surface area contributed by atoms with Crippen molar-refractivity contribution in [3.05, 3.63) is 71.4 Å². The van der Waals surface area contributed by atoms with E-state index in [2.05, 4.69) is 4.99 Å². The molecule has 2 N–H and O–H groups in total.